The van der Waals surface area contributed by atoms with Gasteiger partial charge in [0.05, 0.1) is 18.5 Å². The van der Waals surface area contributed by atoms with Crippen LogP contribution in [0.5, 0.6) is 5.88 Å². The first-order chi connectivity index (χ1) is 8.65. The molecule has 2 aromatic rings. The molecule has 96 valence electrons. The van der Waals surface area contributed by atoms with Crippen LogP contribution in [0.25, 0.3) is 5.82 Å². The lowest BCUT2D eigenvalue weighted by atomic mass is 10.3. The number of methoxy groups -OCH3 is 1. The van der Waals surface area contributed by atoms with E-state index in [9.17, 15) is 0 Å². The zero-order chi connectivity index (χ0) is 13.1. The lowest BCUT2D eigenvalue weighted by Gasteiger charge is -2.10. The Morgan fingerprint density at radius 2 is 2.11 bits per heavy atom. The number of imidazole rings is 1. The maximum Gasteiger partial charge on any atom is 0.215 e. The van der Waals surface area contributed by atoms with Crippen molar-refractivity contribution in [1.82, 2.24) is 14.5 Å². The number of ether oxygens (including phenoxy) is 1. The molecule has 0 spiro atoms. The van der Waals surface area contributed by atoms with Gasteiger partial charge in [-0.3, -0.25) is 4.57 Å². The Hall–Kier alpha value is -2.04. The van der Waals surface area contributed by atoms with Gasteiger partial charge in [-0.1, -0.05) is 6.92 Å². The van der Waals surface area contributed by atoms with E-state index in [1.165, 1.54) is 0 Å². The summed E-state index contributed by atoms with van der Waals surface area (Å²) in [5.41, 5.74) is 7.56. The number of nitrogen functional groups attached to an aromatic ring is 1. The summed E-state index contributed by atoms with van der Waals surface area (Å²) in [4.78, 5) is 8.89. The number of anilines is 1. The van der Waals surface area contributed by atoms with Crippen LogP contribution >= 0.6 is 0 Å². The molecule has 5 heteroatoms. The van der Waals surface area contributed by atoms with E-state index < -0.39 is 0 Å². The summed E-state index contributed by atoms with van der Waals surface area (Å²) < 4.78 is 7.08. The number of hydrogen-bond donors (Lipinski definition) is 1. The molecule has 2 aromatic heterocycles. The Morgan fingerprint density at radius 1 is 1.33 bits per heavy atom. The van der Waals surface area contributed by atoms with E-state index in [1.54, 1.807) is 19.2 Å². The predicted octanol–water partition coefficient (Wildman–Crippen LogP) is 2.12. The second-order valence-corrected chi connectivity index (χ2v) is 4.18. The summed E-state index contributed by atoms with van der Waals surface area (Å²) in [5.74, 6) is 2.20. The van der Waals surface area contributed by atoms with Gasteiger partial charge >= 0.3 is 0 Å². The molecule has 0 amide bonds. The molecule has 0 bridgehead atoms. The van der Waals surface area contributed by atoms with Gasteiger partial charge in [-0.25, -0.2) is 4.98 Å². The summed E-state index contributed by atoms with van der Waals surface area (Å²) in [6, 6.07) is 3.55. The fourth-order valence-corrected chi connectivity index (χ4v) is 1.88. The highest BCUT2D eigenvalue weighted by Crippen LogP contribution is 2.21. The topological polar surface area (TPSA) is 66.0 Å². The number of nitrogens with zero attached hydrogens (tertiary/aromatic N) is 3. The molecular weight excluding hydrogens is 228 g/mol. The van der Waals surface area contributed by atoms with Crippen molar-refractivity contribution >= 4 is 5.69 Å². The van der Waals surface area contributed by atoms with Gasteiger partial charge in [0.2, 0.25) is 5.88 Å². The Kier molecular flexibility index (Phi) is 3.50. The first-order valence-electron chi connectivity index (χ1n) is 6.01. The standard InChI is InChI=1S/C13H18N4O/c1-4-5-11-15-9(2)8-17(11)13-10(14)6-7-12(16-13)18-3/h6-8H,4-5,14H2,1-3H3. The fourth-order valence-electron chi connectivity index (χ4n) is 1.88. The van der Waals surface area contributed by atoms with Crippen LogP contribution < -0.4 is 10.5 Å². The first kappa shape index (κ1) is 12.4. The Bertz CT molecular complexity index is 548. The molecule has 5 nitrogen and oxygen atoms in total. The van der Waals surface area contributed by atoms with Crippen LogP contribution in [0.3, 0.4) is 0 Å². The summed E-state index contributed by atoms with van der Waals surface area (Å²) >= 11 is 0. The molecule has 18 heavy (non-hydrogen) atoms. The lowest BCUT2D eigenvalue weighted by molar-refractivity contribution is 0.397. The molecule has 0 atom stereocenters. The average molecular weight is 246 g/mol. The maximum atomic E-state index is 5.98. The van der Waals surface area contributed by atoms with Gasteiger partial charge in [0.1, 0.15) is 5.82 Å². The van der Waals surface area contributed by atoms with E-state index in [-0.39, 0.29) is 0 Å². The number of aromatic nitrogens is 3. The Morgan fingerprint density at radius 3 is 2.78 bits per heavy atom. The number of nitrogens with two attached hydrogens (primary N) is 1. The lowest BCUT2D eigenvalue weighted by Crippen LogP contribution is -2.06. The molecule has 0 aliphatic heterocycles. The maximum absolute atomic E-state index is 5.98. The third kappa shape index (κ3) is 2.30. The van der Waals surface area contributed by atoms with Crippen LogP contribution in [0.1, 0.15) is 24.9 Å². The highest BCUT2D eigenvalue weighted by Gasteiger charge is 2.11. The highest BCUT2D eigenvalue weighted by molar-refractivity contribution is 5.55. The average Bonchev–Trinajstić information content (AvgIpc) is 2.71. The van der Waals surface area contributed by atoms with Gasteiger partial charge in [-0.05, 0) is 19.4 Å². The number of aryl methyl sites for hydroxylation is 2. The first-order valence-corrected chi connectivity index (χ1v) is 6.01. The third-order valence-electron chi connectivity index (χ3n) is 2.69. The zero-order valence-electron chi connectivity index (χ0n) is 11.0. The van der Waals surface area contributed by atoms with Crippen LogP contribution in [0.2, 0.25) is 0 Å². The smallest absolute Gasteiger partial charge is 0.215 e. The molecule has 0 unspecified atom stereocenters. The normalized spacial score (nSPS) is 10.6. The van der Waals surface area contributed by atoms with Gasteiger partial charge in [-0.2, -0.15) is 4.98 Å². The SMILES string of the molecule is CCCc1nc(C)cn1-c1nc(OC)ccc1N. The highest BCUT2D eigenvalue weighted by atomic mass is 16.5. The van der Waals surface area contributed by atoms with E-state index >= 15 is 0 Å². The monoisotopic (exact) mass is 246 g/mol. The zero-order valence-corrected chi connectivity index (χ0v) is 11.0. The molecule has 0 fully saturated rings. The largest absolute Gasteiger partial charge is 0.481 e. The molecule has 2 heterocycles. The molecule has 0 radical (unpaired) electrons. The second-order valence-electron chi connectivity index (χ2n) is 4.18. The van der Waals surface area contributed by atoms with Crippen molar-refractivity contribution < 1.29 is 4.74 Å². The minimum Gasteiger partial charge on any atom is -0.481 e. The summed E-state index contributed by atoms with van der Waals surface area (Å²) in [5, 5.41) is 0. The van der Waals surface area contributed by atoms with Crippen molar-refractivity contribution in [1.29, 1.82) is 0 Å². The van der Waals surface area contributed by atoms with Crippen LogP contribution in [0.4, 0.5) is 5.69 Å². The van der Waals surface area contributed by atoms with Crippen LogP contribution in [-0.4, -0.2) is 21.6 Å². The minimum absolute atomic E-state index is 0.549. The van der Waals surface area contributed by atoms with Crippen LogP contribution in [0.15, 0.2) is 18.3 Å². The second kappa shape index (κ2) is 5.08. The van der Waals surface area contributed by atoms with Gasteiger partial charge in [-0.15, -0.1) is 0 Å². The van der Waals surface area contributed by atoms with Crippen LogP contribution in [-0.2, 0) is 6.42 Å². The van der Waals surface area contributed by atoms with Crippen molar-refractivity contribution in [3.8, 4) is 11.7 Å². The van der Waals surface area contributed by atoms with E-state index in [0.717, 1.165) is 24.4 Å². The molecular formula is C13H18N4O. The van der Waals surface area contributed by atoms with Crippen molar-refractivity contribution in [3.63, 3.8) is 0 Å². The van der Waals surface area contributed by atoms with Gasteiger partial charge in [0, 0.05) is 18.7 Å². The van der Waals surface area contributed by atoms with Crippen molar-refractivity contribution in [2.75, 3.05) is 12.8 Å². The molecule has 2 rings (SSSR count). The minimum atomic E-state index is 0.549. The van der Waals surface area contributed by atoms with Crippen molar-refractivity contribution in [2.24, 2.45) is 0 Å². The molecule has 0 aliphatic rings. The van der Waals surface area contributed by atoms with E-state index in [2.05, 4.69) is 16.9 Å². The Balaban J connectivity index is 2.53. The molecule has 2 N–H and O–H groups in total. The summed E-state index contributed by atoms with van der Waals surface area (Å²) in [6.45, 7) is 4.09. The number of rotatable bonds is 4. The van der Waals surface area contributed by atoms with Gasteiger partial charge < -0.3 is 10.5 Å². The summed E-state index contributed by atoms with van der Waals surface area (Å²) in [7, 11) is 1.59. The van der Waals surface area contributed by atoms with E-state index in [1.807, 2.05) is 17.7 Å². The van der Waals surface area contributed by atoms with Crippen molar-refractivity contribution in [3.05, 3.63) is 29.8 Å². The summed E-state index contributed by atoms with van der Waals surface area (Å²) in [6.07, 6.45) is 3.87. The van der Waals surface area contributed by atoms with Gasteiger partial charge in [0.15, 0.2) is 5.82 Å². The molecule has 0 aliphatic carbocycles. The fraction of sp³-hybridized carbons (Fsp3) is 0.385. The predicted molar refractivity (Wildman–Crippen MR) is 71.1 cm³/mol. The van der Waals surface area contributed by atoms with E-state index in [4.69, 9.17) is 10.5 Å². The molecule has 0 saturated carbocycles. The number of pyridine rings is 1. The third-order valence-corrected chi connectivity index (χ3v) is 2.69. The molecule has 0 aromatic carbocycles. The van der Waals surface area contributed by atoms with E-state index in [0.29, 0.717) is 17.4 Å². The molecule has 0 saturated heterocycles. The van der Waals surface area contributed by atoms with Crippen LogP contribution in [0, 0.1) is 6.92 Å². The quantitative estimate of drug-likeness (QED) is 0.897. The van der Waals surface area contributed by atoms with Crippen molar-refractivity contribution in [2.45, 2.75) is 26.7 Å². The Labute approximate surface area is 107 Å². The number of hydrogen-bond acceptors (Lipinski definition) is 4. The van der Waals surface area contributed by atoms with Gasteiger partial charge in [0.25, 0.3) is 0 Å².